The second-order valence-electron chi connectivity index (χ2n) is 8.18. The van der Waals surface area contributed by atoms with E-state index < -0.39 is 5.60 Å². The zero-order chi connectivity index (χ0) is 19.7. The minimum atomic E-state index is -0.660. The van der Waals surface area contributed by atoms with E-state index in [4.69, 9.17) is 4.74 Å². The van der Waals surface area contributed by atoms with E-state index in [0.717, 1.165) is 49.8 Å². The van der Waals surface area contributed by atoms with Gasteiger partial charge in [0.1, 0.15) is 5.82 Å². The lowest BCUT2D eigenvalue weighted by Crippen LogP contribution is -2.54. The van der Waals surface area contributed by atoms with Gasteiger partial charge in [0.2, 0.25) is 0 Å². The van der Waals surface area contributed by atoms with E-state index in [0.29, 0.717) is 12.3 Å². The molecule has 1 heterocycles. The topological polar surface area (TPSA) is 52.9 Å². The van der Waals surface area contributed by atoms with Crippen LogP contribution >= 0.6 is 0 Å². The van der Waals surface area contributed by atoms with Crippen LogP contribution in [0.2, 0.25) is 0 Å². The van der Waals surface area contributed by atoms with Gasteiger partial charge < -0.3 is 14.9 Å². The van der Waals surface area contributed by atoms with Gasteiger partial charge in [-0.3, -0.25) is 4.90 Å². The van der Waals surface area contributed by atoms with Gasteiger partial charge in [-0.1, -0.05) is 31.0 Å². The Bertz CT molecular complexity index is 842. The maximum Gasteiger partial charge on any atom is 0.160 e. The third kappa shape index (κ3) is 3.61. The fraction of sp³-hybridized carbons (Fsp3) is 0.478. The molecule has 28 heavy (non-hydrogen) atoms. The Morgan fingerprint density at radius 1 is 1.18 bits per heavy atom. The lowest BCUT2D eigenvalue weighted by molar-refractivity contribution is -0.126. The third-order valence-corrected chi connectivity index (χ3v) is 6.49. The van der Waals surface area contributed by atoms with Crippen molar-refractivity contribution in [1.29, 1.82) is 0 Å². The fourth-order valence-corrected chi connectivity index (χ4v) is 5.11. The Hall–Kier alpha value is -2.11. The Balaban J connectivity index is 1.72. The lowest BCUT2D eigenvalue weighted by atomic mass is 9.66. The zero-order valence-electron chi connectivity index (χ0n) is 16.3. The van der Waals surface area contributed by atoms with Crippen LogP contribution in [0.4, 0.5) is 4.39 Å². The van der Waals surface area contributed by atoms with Crippen LogP contribution < -0.4 is 4.74 Å². The number of rotatable bonds is 4. The Labute approximate surface area is 165 Å². The molecule has 2 aromatic rings. The molecular weight excluding hydrogens is 357 g/mol. The lowest BCUT2D eigenvalue weighted by Gasteiger charge is -2.52. The van der Waals surface area contributed by atoms with Crippen molar-refractivity contribution in [3.8, 4) is 11.5 Å². The smallest absolute Gasteiger partial charge is 0.160 e. The summed E-state index contributed by atoms with van der Waals surface area (Å²) in [4.78, 5) is 2.34. The summed E-state index contributed by atoms with van der Waals surface area (Å²) in [5, 5.41) is 21.4. The first-order valence-corrected chi connectivity index (χ1v) is 10.1. The van der Waals surface area contributed by atoms with Gasteiger partial charge >= 0.3 is 0 Å². The van der Waals surface area contributed by atoms with Crippen molar-refractivity contribution in [3.05, 3.63) is 59.4 Å². The highest BCUT2D eigenvalue weighted by molar-refractivity contribution is 5.43. The molecule has 0 spiro atoms. The average molecular weight is 385 g/mol. The van der Waals surface area contributed by atoms with Crippen LogP contribution in [-0.2, 0) is 6.54 Å². The normalized spacial score (nSPS) is 28.0. The summed E-state index contributed by atoms with van der Waals surface area (Å²) in [6.07, 6.45) is 4.69. The van der Waals surface area contributed by atoms with Crippen LogP contribution in [0.25, 0.3) is 0 Å². The molecule has 4 rings (SSSR count). The SMILES string of the molecule is COc1cc([C@@H]2[C@@H]3CCCC[C@@]3(O)CCN2Cc2cccc(F)c2)ccc1O. The van der Waals surface area contributed by atoms with E-state index >= 15 is 0 Å². The molecule has 0 amide bonds. The van der Waals surface area contributed by atoms with Crippen molar-refractivity contribution in [2.45, 2.75) is 50.3 Å². The number of piperidine rings is 1. The molecule has 2 aliphatic rings. The minimum absolute atomic E-state index is 0.00295. The molecule has 4 nitrogen and oxygen atoms in total. The number of likely N-dealkylation sites (tertiary alicyclic amines) is 1. The molecule has 0 bridgehead atoms. The zero-order valence-corrected chi connectivity index (χ0v) is 16.3. The van der Waals surface area contributed by atoms with Crippen LogP contribution in [0.15, 0.2) is 42.5 Å². The van der Waals surface area contributed by atoms with Crippen molar-refractivity contribution in [2.24, 2.45) is 5.92 Å². The number of methoxy groups -OCH3 is 1. The number of aromatic hydroxyl groups is 1. The van der Waals surface area contributed by atoms with Gasteiger partial charge in [-0.25, -0.2) is 4.39 Å². The van der Waals surface area contributed by atoms with Gasteiger partial charge in [0.15, 0.2) is 11.5 Å². The predicted octanol–water partition coefficient (Wildman–Crippen LogP) is 4.41. The number of phenols is 1. The summed E-state index contributed by atoms with van der Waals surface area (Å²) in [7, 11) is 1.54. The minimum Gasteiger partial charge on any atom is -0.504 e. The molecule has 2 N–H and O–H groups in total. The molecule has 1 aliphatic heterocycles. The van der Waals surface area contributed by atoms with Crippen molar-refractivity contribution in [2.75, 3.05) is 13.7 Å². The van der Waals surface area contributed by atoms with Crippen molar-refractivity contribution < 1.29 is 19.3 Å². The summed E-state index contributed by atoms with van der Waals surface area (Å²) < 4.78 is 19.0. The van der Waals surface area contributed by atoms with E-state index in [1.54, 1.807) is 25.3 Å². The molecule has 2 aromatic carbocycles. The van der Waals surface area contributed by atoms with E-state index in [1.807, 2.05) is 18.2 Å². The van der Waals surface area contributed by atoms with Crippen LogP contribution in [0.5, 0.6) is 11.5 Å². The van der Waals surface area contributed by atoms with E-state index in [2.05, 4.69) is 4.90 Å². The van der Waals surface area contributed by atoms with E-state index in [1.165, 1.54) is 6.07 Å². The van der Waals surface area contributed by atoms with Gasteiger partial charge in [0.25, 0.3) is 0 Å². The molecule has 1 saturated heterocycles. The molecule has 0 radical (unpaired) electrons. The molecule has 1 saturated carbocycles. The summed E-state index contributed by atoms with van der Waals surface area (Å²) in [6, 6.07) is 12.2. The van der Waals surface area contributed by atoms with Crippen molar-refractivity contribution >= 4 is 0 Å². The summed E-state index contributed by atoms with van der Waals surface area (Å²) in [5.74, 6) is 0.426. The molecule has 2 fully saturated rings. The van der Waals surface area contributed by atoms with Crippen LogP contribution in [0, 0.1) is 11.7 Å². The largest absolute Gasteiger partial charge is 0.504 e. The Morgan fingerprint density at radius 2 is 2.04 bits per heavy atom. The number of fused-ring (bicyclic) bond motifs is 1. The van der Waals surface area contributed by atoms with Gasteiger partial charge in [-0.05, 0) is 54.7 Å². The monoisotopic (exact) mass is 385 g/mol. The van der Waals surface area contributed by atoms with Crippen LogP contribution in [0.3, 0.4) is 0 Å². The average Bonchev–Trinajstić information content (AvgIpc) is 2.69. The van der Waals surface area contributed by atoms with Gasteiger partial charge in [0, 0.05) is 25.0 Å². The van der Waals surface area contributed by atoms with Crippen molar-refractivity contribution in [1.82, 2.24) is 4.90 Å². The predicted molar refractivity (Wildman–Crippen MR) is 106 cm³/mol. The first kappa shape index (κ1) is 19.2. The molecule has 5 heteroatoms. The van der Waals surface area contributed by atoms with E-state index in [-0.39, 0.29) is 23.5 Å². The molecule has 150 valence electrons. The summed E-state index contributed by atoms with van der Waals surface area (Å²) in [6.45, 7) is 1.37. The Morgan fingerprint density at radius 3 is 2.82 bits per heavy atom. The number of hydrogen-bond donors (Lipinski definition) is 2. The maximum absolute atomic E-state index is 13.7. The van der Waals surface area contributed by atoms with Crippen LogP contribution in [0.1, 0.15) is 49.3 Å². The van der Waals surface area contributed by atoms with Crippen molar-refractivity contribution in [3.63, 3.8) is 0 Å². The first-order valence-electron chi connectivity index (χ1n) is 10.1. The van der Waals surface area contributed by atoms with Gasteiger partial charge in [0.05, 0.1) is 12.7 Å². The number of aliphatic hydroxyl groups is 1. The quantitative estimate of drug-likeness (QED) is 0.819. The number of benzene rings is 2. The highest BCUT2D eigenvalue weighted by atomic mass is 19.1. The highest BCUT2D eigenvalue weighted by Crippen LogP contribution is 2.50. The molecule has 0 aromatic heterocycles. The van der Waals surface area contributed by atoms with E-state index in [9.17, 15) is 14.6 Å². The van der Waals surface area contributed by atoms with Gasteiger partial charge in [-0.2, -0.15) is 0 Å². The standard InChI is InChI=1S/C23H28FNO3/c1-28-21-14-17(8-9-20(21)26)22-19-7-2-3-10-23(19,27)11-12-25(22)15-16-5-4-6-18(24)13-16/h4-6,8-9,13-14,19,22,26-27H,2-3,7,10-12,15H2,1H3/t19-,22+,23+/m0/s1. The first-order chi connectivity index (χ1) is 13.5. The second kappa shape index (κ2) is 7.72. The fourth-order valence-electron chi connectivity index (χ4n) is 5.11. The molecule has 3 atom stereocenters. The van der Waals surface area contributed by atoms with Gasteiger partial charge in [-0.15, -0.1) is 0 Å². The number of ether oxygens (including phenoxy) is 1. The summed E-state index contributed by atoms with van der Waals surface area (Å²) in [5.41, 5.74) is 1.29. The maximum atomic E-state index is 13.7. The highest BCUT2D eigenvalue weighted by Gasteiger charge is 2.48. The van der Waals surface area contributed by atoms with Crippen LogP contribution in [-0.4, -0.2) is 34.4 Å². The Kier molecular flexibility index (Phi) is 5.30. The number of halogens is 1. The third-order valence-electron chi connectivity index (χ3n) is 6.49. The number of phenolic OH excluding ortho intramolecular Hbond substituents is 1. The molecular formula is C23H28FNO3. The molecule has 0 unspecified atom stereocenters. The second-order valence-corrected chi connectivity index (χ2v) is 8.18. The number of hydrogen-bond acceptors (Lipinski definition) is 4. The number of nitrogens with zero attached hydrogens (tertiary/aromatic N) is 1. The molecule has 1 aliphatic carbocycles. The summed E-state index contributed by atoms with van der Waals surface area (Å²) >= 11 is 0.